The van der Waals surface area contributed by atoms with Crippen molar-refractivity contribution in [2.45, 2.75) is 11.0 Å². The average molecular weight is 306 g/mol. The van der Waals surface area contributed by atoms with Gasteiger partial charge in [-0.05, 0) is 41.6 Å². The van der Waals surface area contributed by atoms with Crippen LogP contribution in [-0.2, 0) is 0 Å². The third-order valence-corrected chi connectivity index (χ3v) is 4.26. The van der Waals surface area contributed by atoms with Crippen LogP contribution in [0.1, 0.15) is 17.2 Å². The molecule has 0 aliphatic heterocycles. The first-order valence-electron chi connectivity index (χ1n) is 7.27. The molecule has 3 aromatic carbocycles. The van der Waals surface area contributed by atoms with Crippen LogP contribution in [0, 0.1) is 0 Å². The largest absolute Gasteiger partial charge is 0.481 e. The van der Waals surface area contributed by atoms with E-state index in [4.69, 9.17) is 4.74 Å². The van der Waals surface area contributed by atoms with Crippen molar-refractivity contribution in [3.63, 3.8) is 0 Å². The monoisotopic (exact) mass is 306 g/mol. The highest BCUT2D eigenvalue weighted by atomic mass is 32.2. The summed E-state index contributed by atoms with van der Waals surface area (Å²) in [6.45, 7) is 0. The number of hydrogen-bond donors (Lipinski definition) is 0. The van der Waals surface area contributed by atoms with Gasteiger partial charge in [0.15, 0.2) is 0 Å². The van der Waals surface area contributed by atoms with E-state index in [1.165, 1.54) is 4.90 Å². The van der Waals surface area contributed by atoms with Crippen LogP contribution in [0.15, 0.2) is 89.8 Å². The lowest BCUT2D eigenvalue weighted by Crippen LogP contribution is -2.09. The zero-order valence-corrected chi connectivity index (χ0v) is 13.3. The molecule has 0 amide bonds. The molecule has 0 spiro atoms. The van der Waals surface area contributed by atoms with Crippen LogP contribution >= 0.6 is 11.8 Å². The molecule has 0 N–H and O–H groups in total. The van der Waals surface area contributed by atoms with Crippen LogP contribution in [0.2, 0.25) is 0 Å². The summed E-state index contributed by atoms with van der Waals surface area (Å²) in [5, 5.41) is 0. The van der Waals surface area contributed by atoms with E-state index in [1.807, 2.05) is 48.5 Å². The zero-order chi connectivity index (χ0) is 15.2. The van der Waals surface area contributed by atoms with E-state index in [2.05, 4.69) is 42.7 Å². The summed E-state index contributed by atoms with van der Waals surface area (Å²) < 4.78 is 6.28. The molecule has 3 rings (SSSR count). The number of thioether (sulfide) groups is 1. The SMILES string of the molecule is CSc1ccc(OC(c2ccccc2)c2ccccc2)cc1. The molecule has 22 heavy (non-hydrogen) atoms. The first-order valence-corrected chi connectivity index (χ1v) is 8.50. The van der Waals surface area contributed by atoms with Crippen molar-refractivity contribution in [2.24, 2.45) is 0 Å². The van der Waals surface area contributed by atoms with Crippen molar-refractivity contribution < 1.29 is 4.74 Å². The first kappa shape index (κ1) is 14.7. The molecule has 0 fully saturated rings. The van der Waals surface area contributed by atoms with Gasteiger partial charge in [-0.25, -0.2) is 0 Å². The minimum absolute atomic E-state index is 0.0949. The lowest BCUT2D eigenvalue weighted by atomic mass is 10.0. The van der Waals surface area contributed by atoms with Gasteiger partial charge in [-0.15, -0.1) is 11.8 Å². The van der Waals surface area contributed by atoms with E-state index in [9.17, 15) is 0 Å². The van der Waals surface area contributed by atoms with Crippen LogP contribution in [0.3, 0.4) is 0 Å². The normalized spacial score (nSPS) is 10.6. The molecular weight excluding hydrogens is 288 g/mol. The van der Waals surface area contributed by atoms with Gasteiger partial charge >= 0.3 is 0 Å². The molecule has 0 radical (unpaired) electrons. The summed E-state index contributed by atoms with van der Waals surface area (Å²) in [5.74, 6) is 0.885. The maximum atomic E-state index is 6.28. The molecule has 0 saturated heterocycles. The van der Waals surface area contributed by atoms with Gasteiger partial charge in [0.05, 0.1) is 0 Å². The Balaban J connectivity index is 1.91. The van der Waals surface area contributed by atoms with Gasteiger partial charge in [-0.3, -0.25) is 0 Å². The standard InChI is InChI=1S/C20H18OS/c1-22-19-14-12-18(13-15-19)21-20(16-8-4-2-5-9-16)17-10-6-3-7-11-17/h2-15,20H,1H3. The van der Waals surface area contributed by atoms with Gasteiger partial charge in [-0.1, -0.05) is 60.7 Å². The number of rotatable bonds is 5. The van der Waals surface area contributed by atoms with E-state index in [-0.39, 0.29) is 6.10 Å². The van der Waals surface area contributed by atoms with E-state index < -0.39 is 0 Å². The predicted octanol–water partition coefficient (Wildman–Crippen LogP) is 5.58. The molecule has 3 aromatic rings. The Morgan fingerprint density at radius 1 is 0.682 bits per heavy atom. The molecule has 0 aromatic heterocycles. The molecule has 1 nitrogen and oxygen atoms in total. The molecule has 0 unspecified atom stereocenters. The fourth-order valence-corrected chi connectivity index (χ4v) is 2.78. The molecule has 0 bridgehead atoms. The van der Waals surface area contributed by atoms with Gasteiger partial charge in [0.1, 0.15) is 11.9 Å². The third-order valence-electron chi connectivity index (χ3n) is 3.52. The van der Waals surface area contributed by atoms with Gasteiger partial charge in [0.25, 0.3) is 0 Å². The minimum atomic E-state index is -0.0949. The van der Waals surface area contributed by atoms with Crippen LogP contribution in [0.25, 0.3) is 0 Å². The summed E-state index contributed by atoms with van der Waals surface area (Å²) in [6.07, 6.45) is 1.98. The summed E-state index contributed by atoms with van der Waals surface area (Å²) >= 11 is 1.73. The summed E-state index contributed by atoms with van der Waals surface area (Å²) in [5.41, 5.74) is 2.31. The van der Waals surface area contributed by atoms with Crippen molar-refractivity contribution in [3.8, 4) is 5.75 Å². The molecule has 0 saturated carbocycles. The molecule has 0 aliphatic carbocycles. The Morgan fingerprint density at radius 3 is 1.64 bits per heavy atom. The molecule has 110 valence electrons. The van der Waals surface area contributed by atoms with Crippen molar-refractivity contribution in [3.05, 3.63) is 96.1 Å². The van der Waals surface area contributed by atoms with Crippen molar-refractivity contribution in [1.29, 1.82) is 0 Å². The lowest BCUT2D eigenvalue weighted by molar-refractivity contribution is 0.247. The Labute approximate surface area is 136 Å². The van der Waals surface area contributed by atoms with Gasteiger partial charge in [0, 0.05) is 4.90 Å². The van der Waals surface area contributed by atoms with Crippen LogP contribution in [0.4, 0.5) is 0 Å². The third kappa shape index (κ3) is 3.52. The summed E-state index contributed by atoms with van der Waals surface area (Å²) in [6, 6.07) is 28.9. The Kier molecular flexibility index (Phi) is 4.81. The Morgan fingerprint density at radius 2 is 1.18 bits per heavy atom. The van der Waals surface area contributed by atoms with Crippen molar-refractivity contribution in [2.75, 3.05) is 6.26 Å². The van der Waals surface area contributed by atoms with Gasteiger partial charge in [0.2, 0.25) is 0 Å². The Bertz CT molecular complexity index is 653. The second kappa shape index (κ2) is 7.19. The van der Waals surface area contributed by atoms with Crippen LogP contribution in [-0.4, -0.2) is 6.26 Å². The quantitative estimate of drug-likeness (QED) is 0.569. The maximum Gasteiger partial charge on any atom is 0.149 e. The van der Waals surface area contributed by atoms with Crippen LogP contribution in [0.5, 0.6) is 5.75 Å². The second-order valence-corrected chi connectivity index (χ2v) is 5.87. The fourth-order valence-electron chi connectivity index (χ4n) is 2.37. The summed E-state index contributed by atoms with van der Waals surface area (Å²) in [4.78, 5) is 1.24. The highest BCUT2D eigenvalue weighted by Gasteiger charge is 2.15. The molecule has 0 atom stereocenters. The van der Waals surface area contributed by atoms with E-state index in [0.717, 1.165) is 16.9 Å². The lowest BCUT2D eigenvalue weighted by Gasteiger charge is -2.20. The molecule has 0 aliphatic rings. The number of ether oxygens (including phenoxy) is 1. The topological polar surface area (TPSA) is 9.23 Å². The first-order chi connectivity index (χ1) is 10.9. The van der Waals surface area contributed by atoms with E-state index in [1.54, 1.807) is 11.8 Å². The smallest absolute Gasteiger partial charge is 0.149 e. The highest BCUT2D eigenvalue weighted by molar-refractivity contribution is 7.98. The van der Waals surface area contributed by atoms with Crippen molar-refractivity contribution in [1.82, 2.24) is 0 Å². The van der Waals surface area contributed by atoms with Crippen molar-refractivity contribution >= 4 is 11.8 Å². The van der Waals surface area contributed by atoms with Gasteiger partial charge < -0.3 is 4.74 Å². The second-order valence-electron chi connectivity index (χ2n) is 4.99. The average Bonchev–Trinajstić information content (AvgIpc) is 2.62. The highest BCUT2D eigenvalue weighted by Crippen LogP contribution is 2.29. The summed E-state index contributed by atoms with van der Waals surface area (Å²) in [7, 11) is 0. The molecule has 0 heterocycles. The zero-order valence-electron chi connectivity index (χ0n) is 12.5. The fraction of sp³-hybridized carbons (Fsp3) is 0.100. The van der Waals surface area contributed by atoms with E-state index in [0.29, 0.717) is 0 Å². The predicted molar refractivity (Wildman–Crippen MR) is 93.6 cm³/mol. The minimum Gasteiger partial charge on any atom is -0.481 e. The van der Waals surface area contributed by atoms with Gasteiger partial charge in [-0.2, -0.15) is 0 Å². The molecular formula is C20H18OS. The number of benzene rings is 3. The van der Waals surface area contributed by atoms with E-state index >= 15 is 0 Å². The Hall–Kier alpha value is -2.19. The molecule has 2 heteroatoms. The van der Waals surface area contributed by atoms with Crippen LogP contribution < -0.4 is 4.74 Å². The maximum absolute atomic E-state index is 6.28. The number of hydrogen-bond acceptors (Lipinski definition) is 2.